The smallest absolute Gasteiger partial charge is 0.366 e. The van der Waals surface area contributed by atoms with E-state index < -0.39 is 11.7 Å². The zero-order valence-electron chi connectivity index (χ0n) is 9.87. The highest BCUT2D eigenvalue weighted by atomic mass is 19.4. The summed E-state index contributed by atoms with van der Waals surface area (Å²) in [6.45, 7) is 0.812. The van der Waals surface area contributed by atoms with Gasteiger partial charge in [0.15, 0.2) is 0 Å². The molecule has 98 valence electrons. The summed E-state index contributed by atoms with van der Waals surface area (Å²) in [5.74, 6) is 0. The van der Waals surface area contributed by atoms with Crippen LogP contribution in [0.4, 0.5) is 18.9 Å². The van der Waals surface area contributed by atoms with Crippen LogP contribution in [0.1, 0.15) is 24.0 Å². The van der Waals surface area contributed by atoms with Gasteiger partial charge < -0.3 is 10.6 Å². The molecule has 2 nitrogen and oxygen atoms in total. The summed E-state index contributed by atoms with van der Waals surface area (Å²) in [4.78, 5) is 2.05. The van der Waals surface area contributed by atoms with Gasteiger partial charge >= 0.3 is 6.18 Å². The van der Waals surface area contributed by atoms with Crippen molar-refractivity contribution >= 4 is 5.69 Å². The number of hydrogen-bond donors (Lipinski definition) is 1. The molecule has 2 N–H and O–H groups in total. The quantitative estimate of drug-likeness (QED) is 0.773. The molecule has 0 saturated carbocycles. The van der Waals surface area contributed by atoms with Gasteiger partial charge in [0, 0.05) is 24.3 Å². The third kappa shape index (κ3) is 1.68. The molecular formula is C13H15F3N2. The number of halogens is 3. The number of benzene rings is 1. The summed E-state index contributed by atoms with van der Waals surface area (Å²) >= 11 is 0. The SMILES string of the molecule is NC1CCCN2c3cccc(C(F)(F)F)c3CC12. The second kappa shape index (κ2) is 3.88. The molecule has 2 heterocycles. The van der Waals surface area contributed by atoms with E-state index in [2.05, 4.69) is 4.90 Å². The zero-order chi connectivity index (χ0) is 12.9. The van der Waals surface area contributed by atoms with Crippen LogP contribution in [0.25, 0.3) is 0 Å². The van der Waals surface area contributed by atoms with Crippen molar-refractivity contribution in [2.75, 3.05) is 11.4 Å². The summed E-state index contributed by atoms with van der Waals surface area (Å²) in [5.41, 5.74) is 6.69. The maximum atomic E-state index is 13.0. The zero-order valence-corrected chi connectivity index (χ0v) is 9.87. The predicted octanol–water partition coefficient (Wildman–Crippen LogP) is 2.56. The summed E-state index contributed by atoms with van der Waals surface area (Å²) in [5, 5.41) is 0. The number of alkyl halides is 3. The van der Waals surface area contributed by atoms with Crippen molar-refractivity contribution < 1.29 is 13.2 Å². The van der Waals surface area contributed by atoms with Crippen LogP contribution in [0.15, 0.2) is 18.2 Å². The molecule has 0 bridgehead atoms. The van der Waals surface area contributed by atoms with Crippen LogP contribution in [0, 0.1) is 0 Å². The van der Waals surface area contributed by atoms with Crippen LogP contribution in [0.2, 0.25) is 0 Å². The highest BCUT2D eigenvalue weighted by Crippen LogP contribution is 2.43. The van der Waals surface area contributed by atoms with E-state index in [4.69, 9.17) is 5.73 Å². The van der Waals surface area contributed by atoms with Crippen molar-refractivity contribution in [1.29, 1.82) is 0 Å². The average molecular weight is 256 g/mol. The molecule has 2 unspecified atom stereocenters. The van der Waals surface area contributed by atoms with Gasteiger partial charge in [-0.3, -0.25) is 0 Å². The number of hydrogen-bond acceptors (Lipinski definition) is 2. The molecule has 0 amide bonds. The first-order valence-corrected chi connectivity index (χ1v) is 6.20. The van der Waals surface area contributed by atoms with Gasteiger partial charge in [-0.2, -0.15) is 13.2 Å². The van der Waals surface area contributed by atoms with E-state index in [0.717, 1.165) is 25.1 Å². The Kier molecular flexibility index (Phi) is 2.55. The van der Waals surface area contributed by atoms with Crippen molar-refractivity contribution in [2.45, 2.75) is 37.5 Å². The number of anilines is 1. The normalized spacial score (nSPS) is 27.0. The minimum absolute atomic E-state index is 0.0211. The van der Waals surface area contributed by atoms with E-state index in [1.807, 2.05) is 0 Å². The standard InChI is InChI=1S/C13H15F3N2/c14-13(15,16)9-3-1-5-11-8(9)7-12-10(17)4-2-6-18(11)12/h1,3,5,10,12H,2,4,6-7,17H2. The van der Waals surface area contributed by atoms with Crippen LogP contribution >= 0.6 is 0 Å². The minimum Gasteiger partial charge on any atom is -0.366 e. The van der Waals surface area contributed by atoms with Gasteiger partial charge in [0.25, 0.3) is 0 Å². The maximum Gasteiger partial charge on any atom is 0.416 e. The topological polar surface area (TPSA) is 29.3 Å². The van der Waals surface area contributed by atoms with Crippen LogP contribution < -0.4 is 10.6 Å². The van der Waals surface area contributed by atoms with Crippen molar-refractivity contribution in [3.63, 3.8) is 0 Å². The Morgan fingerprint density at radius 2 is 2.06 bits per heavy atom. The summed E-state index contributed by atoms with van der Waals surface area (Å²) in [6.07, 6.45) is -2.00. The Morgan fingerprint density at radius 3 is 2.78 bits per heavy atom. The Bertz CT molecular complexity index is 470. The Hall–Kier alpha value is -1.23. The van der Waals surface area contributed by atoms with Crippen LogP contribution in [0.5, 0.6) is 0 Å². The summed E-state index contributed by atoms with van der Waals surface area (Å²) in [7, 11) is 0. The molecule has 1 aromatic rings. The van der Waals surface area contributed by atoms with Gasteiger partial charge in [-0.15, -0.1) is 0 Å². The van der Waals surface area contributed by atoms with Gasteiger partial charge in [0.1, 0.15) is 0 Å². The fourth-order valence-electron chi connectivity index (χ4n) is 3.18. The molecule has 2 aliphatic rings. The van der Waals surface area contributed by atoms with Gasteiger partial charge in [-0.05, 0) is 37.0 Å². The monoisotopic (exact) mass is 256 g/mol. The number of rotatable bonds is 0. The molecule has 1 saturated heterocycles. The van der Waals surface area contributed by atoms with Crippen LogP contribution in [0.3, 0.4) is 0 Å². The van der Waals surface area contributed by atoms with Crippen molar-refractivity contribution in [1.82, 2.24) is 0 Å². The highest BCUT2D eigenvalue weighted by molar-refractivity contribution is 5.63. The molecule has 18 heavy (non-hydrogen) atoms. The highest BCUT2D eigenvalue weighted by Gasteiger charge is 2.42. The molecular weight excluding hydrogens is 241 g/mol. The lowest BCUT2D eigenvalue weighted by molar-refractivity contribution is -0.138. The fraction of sp³-hybridized carbons (Fsp3) is 0.538. The summed E-state index contributed by atoms with van der Waals surface area (Å²) in [6, 6.07) is 4.46. The first-order valence-electron chi connectivity index (χ1n) is 6.20. The molecule has 1 fully saturated rings. The largest absolute Gasteiger partial charge is 0.416 e. The number of nitrogens with zero attached hydrogens (tertiary/aromatic N) is 1. The Morgan fingerprint density at radius 1 is 1.28 bits per heavy atom. The number of fused-ring (bicyclic) bond motifs is 3. The van der Waals surface area contributed by atoms with Gasteiger partial charge in [0.2, 0.25) is 0 Å². The van der Waals surface area contributed by atoms with Crippen molar-refractivity contribution in [3.05, 3.63) is 29.3 Å². The number of piperidine rings is 1. The predicted molar refractivity (Wildman–Crippen MR) is 63.5 cm³/mol. The van der Waals surface area contributed by atoms with Crippen LogP contribution in [-0.4, -0.2) is 18.6 Å². The Balaban J connectivity index is 2.06. The lowest BCUT2D eigenvalue weighted by Gasteiger charge is -2.36. The van der Waals surface area contributed by atoms with Gasteiger partial charge in [-0.25, -0.2) is 0 Å². The lowest BCUT2D eigenvalue weighted by Crippen LogP contribution is -2.50. The maximum absolute atomic E-state index is 13.0. The minimum atomic E-state index is -4.27. The van der Waals surface area contributed by atoms with E-state index in [9.17, 15) is 13.2 Å². The van der Waals surface area contributed by atoms with Crippen molar-refractivity contribution in [2.24, 2.45) is 5.73 Å². The molecule has 3 rings (SSSR count). The third-order valence-electron chi connectivity index (χ3n) is 4.01. The molecule has 0 radical (unpaired) electrons. The molecule has 2 atom stereocenters. The van der Waals surface area contributed by atoms with Crippen molar-refractivity contribution in [3.8, 4) is 0 Å². The van der Waals surface area contributed by atoms with E-state index >= 15 is 0 Å². The fourth-order valence-corrected chi connectivity index (χ4v) is 3.18. The second-order valence-corrected chi connectivity index (χ2v) is 5.07. The molecule has 0 spiro atoms. The first kappa shape index (κ1) is 11.8. The van der Waals surface area contributed by atoms with E-state index in [1.165, 1.54) is 12.1 Å². The first-order chi connectivity index (χ1) is 8.48. The Labute approximate surface area is 104 Å². The number of nitrogens with two attached hydrogens (primary N) is 1. The average Bonchev–Trinajstić information content (AvgIpc) is 2.68. The third-order valence-corrected chi connectivity index (χ3v) is 4.01. The van der Waals surface area contributed by atoms with E-state index in [0.29, 0.717) is 12.0 Å². The summed E-state index contributed by atoms with van der Waals surface area (Å²) < 4.78 is 38.9. The van der Waals surface area contributed by atoms with Crippen LogP contribution in [-0.2, 0) is 12.6 Å². The molecule has 1 aromatic carbocycles. The molecule has 0 aliphatic carbocycles. The van der Waals surface area contributed by atoms with E-state index in [1.54, 1.807) is 6.07 Å². The molecule has 2 aliphatic heterocycles. The molecule has 5 heteroatoms. The van der Waals surface area contributed by atoms with Gasteiger partial charge in [-0.1, -0.05) is 6.07 Å². The second-order valence-electron chi connectivity index (χ2n) is 5.07. The van der Waals surface area contributed by atoms with E-state index in [-0.39, 0.29) is 12.1 Å². The molecule has 0 aromatic heterocycles. The van der Waals surface area contributed by atoms with Gasteiger partial charge in [0.05, 0.1) is 5.56 Å². The lowest BCUT2D eigenvalue weighted by atomic mass is 9.95.